The van der Waals surface area contributed by atoms with Crippen LogP contribution in [0.5, 0.6) is 11.5 Å². The van der Waals surface area contributed by atoms with Crippen LogP contribution in [-0.2, 0) is 0 Å². The summed E-state index contributed by atoms with van der Waals surface area (Å²) < 4.78 is 9.01. The van der Waals surface area contributed by atoms with Crippen LogP contribution in [0.1, 0.15) is 18.5 Å². The molecule has 1 aliphatic heterocycles. The van der Waals surface area contributed by atoms with Gasteiger partial charge in [0.15, 0.2) is 17.3 Å². The summed E-state index contributed by atoms with van der Waals surface area (Å²) in [5.41, 5.74) is 13.9. The maximum atomic E-state index is 6.51. The van der Waals surface area contributed by atoms with E-state index in [-0.39, 0.29) is 0 Å². The number of anilines is 3. The molecule has 0 N–H and O–H groups in total. The van der Waals surface area contributed by atoms with E-state index in [2.05, 4.69) is 179 Å². The largest absolute Gasteiger partial charge is 0.453 e. The number of hydrogen-bond acceptors (Lipinski definition) is 4. The second-order valence-corrected chi connectivity index (χ2v) is 15.7. The number of aromatic nitrogens is 3. The van der Waals surface area contributed by atoms with Gasteiger partial charge in [-0.05, 0) is 101 Å². The highest BCUT2D eigenvalue weighted by molar-refractivity contribution is 6.22. The Labute approximate surface area is 353 Å². The van der Waals surface area contributed by atoms with Crippen LogP contribution < -0.4 is 9.64 Å². The zero-order valence-electron chi connectivity index (χ0n) is 33.2. The maximum Gasteiger partial charge on any atom is 0.160 e. The van der Waals surface area contributed by atoms with Crippen LogP contribution in [0, 0.1) is 0 Å². The lowest BCUT2D eigenvalue weighted by molar-refractivity contribution is 0.477. The number of allylic oxidation sites excluding steroid dienone is 4. The van der Waals surface area contributed by atoms with E-state index >= 15 is 0 Å². The smallest absolute Gasteiger partial charge is 0.160 e. The van der Waals surface area contributed by atoms with Crippen LogP contribution in [-0.4, -0.2) is 14.5 Å². The van der Waals surface area contributed by atoms with Gasteiger partial charge in [0.2, 0.25) is 0 Å². The molecule has 5 nitrogen and oxygen atoms in total. The lowest BCUT2D eigenvalue weighted by Gasteiger charge is -2.33. The molecule has 8 aromatic carbocycles. The Kier molecular flexibility index (Phi) is 8.23. The molecule has 0 amide bonds. The van der Waals surface area contributed by atoms with Crippen molar-refractivity contribution in [3.8, 4) is 45.3 Å². The summed E-state index contributed by atoms with van der Waals surface area (Å²) in [6, 6.07) is 68.4. The van der Waals surface area contributed by atoms with Crippen LogP contribution in [0.4, 0.5) is 17.1 Å². The molecule has 10 aromatic rings. The van der Waals surface area contributed by atoms with Gasteiger partial charge in [-0.1, -0.05) is 146 Å². The maximum absolute atomic E-state index is 6.51. The van der Waals surface area contributed by atoms with E-state index in [4.69, 9.17) is 14.7 Å². The third-order valence-corrected chi connectivity index (χ3v) is 12.0. The Hall–Kier alpha value is -8.02. The number of nitrogens with zero attached hydrogens (tertiary/aromatic N) is 4. The molecule has 1 aliphatic carbocycles. The third-order valence-electron chi connectivity index (χ3n) is 12.0. The minimum atomic E-state index is 0.719. The summed E-state index contributed by atoms with van der Waals surface area (Å²) in [6.07, 6.45) is 6.46. The summed E-state index contributed by atoms with van der Waals surface area (Å²) in [5.74, 6) is 2.39. The van der Waals surface area contributed by atoms with Crippen molar-refractivity contribution in [3.63, 3.8) is 0 Å². The third kappa shape index (κ3) is 6.01. The van der Waals surface area contributed by atoms with Crippen molar-refractivity contribution in [1.29, 1.82) is 0 Å². The number of fused-ring (bicyclic) bond motifs is 7. The van der Waals surface area contributed by atoms with Gasteiger partial charge in [0.1, 0.15) is 0 Å². The summed E-state index contributed by atoms with van der Waals surface area (Å²) in [4.78, 5) is 12.6. The molecule has 0 bridgehead atoms. The number of para-hydroxylation sites is 3. The SMILES string of the molecule is C1=C(c2cc(-c3ccccc3)nc(-c3ccccc3)n2)C=C(n2c3cc(-c4ccc5c(c4)N(c4ccccc4)c4ccccc4O5)ccc3c3c4ccccc4ccc32)CC1. The summed E-state index contributed by atoms with van der Waals surface area (Å²) in [5, 5.41) is 4.98. The first-order valence-electron chi connectivity index (χ1n) is 20.9. The predicted octanol–water partition coefficient (Wildman–Crippen LogP) is 15.0. The quantitative estimate of drug-likeness (QED) is 0.168. The molecule has 0 saturated heterocycles. The molecule has 0 radical (unpaired) electrons. The molecule has 0 unspecified atom stereocenters. The van der Waals surface area contributed by atoms with Gasteiger partial charge in [-0.25, -0.2) is 9.97 Å². The van der Waals surface area contributed by atoms with Crippen molar-refractivity contribution in [3.05, 3.63) is 212 Å². The highest BCUT2D eigenvalue weighted by atomic mass is 16.5. The molecule has 2 aliphatic rings. The predicted molar refractivity (Wildman–Crippen MR) is 252 cm³/mol. The van der Waals surface area contributed by atoms with Crippen molar-refractivity contribution < 1.29 is 4.74 Å². The molecule has 288 valence electrons. The minimum absolute atomic E-state index is 0.719. The molecule has 0 saturated carbocycles. The first-order chi connectivity index (χ1) is 30.2. The summed E-state index contributed by atoms with van der Waals surface area (Å²) >= 11 is 0. The number of benzene rings is 8. The molecule has 0 fully saturated rings. The van der Waals surface area contributed by atoms with Gasteiger partial charge in [0.05, 0.1) is 33.8 Å². The van der Waals surface area contributed by atoms with E-state index in [1.54, 1.807) is 0 Å². The van der Waals surface area contributed by atoms with Crippen molar-refractivity contribution in [2.75, 3.05) is 4.90 Å². The lowest BCUT2D eigenvalue weighted by atomic mass is 9.99. The number of ether oxygens (including phenoxy) is 1. The molecular weight excluding hydrogens is 745 g/mol. The molecule has 3 heterocycles. The first-order valence-corrected chi connectivity index (χ1v) is 20.9. The Morgan fingerprint density at radius 1 is 0.475 bits per heavy atom. The van der Waals surface area contributed by atoms with E-state index in [1.807, 2.05) is 36.4 Å². The fraction of sp³-hybridized carbons (Fsp3) is 0.0357. The van der Waals surface area contributed by atoms with Gasteiger partial charge in [-0.2, -0.15) is 0 Å². The van der Waals surface area contributed by atoms with Crippen LogP contribution >= 0.6 is 0 Å². The first kappa shape index (κ1) is 35.0. The van der Waals surface area contributed by atoms with Crippen LogP contribution in [0.2, 0.25) is 0 Å². The fourth-order valence-electron chi connectivity index (χ4n) is 9.18. The average molecular weight is 783 g/mol. The number of rotatable bonds is 6. The van der Waals surface area contributed by atoms with Gasteiger partial charge >= 0.3 is 0 Å². The number of hydrogen-bond donors (Lipinski definition) is 0. The normalized spacial score (nSPS) is 13.4. The standard InChI is InChI=1S/C56H38N4O/c1-4-16-38(17-5-1)47-36-48(58-56(57-47)39-18-6-2-7-19-39)42-20-14-23-44(33-42)60-50-31-28-37-15-10-11-24-45(37)55(50)46-30-27-40(34-51(46)60)41-29-32-54-52(35-41)59(43-21-8-3-9-22-43)49-25-12-13-26-53(49)61-54/h1-13,15-22,24-36H,14,23H2. The zero-order chi connectivity index (χ0) is 40.3. The molecule has 2 aromatic heterocycles. The molecular formula is C56H38N4O. The van der Waals surface area contributed by atoms with Crippen molar-refractivity contribution >= 4 is 60.9 Å². The summed E-state index contributed by atoms with van der Waals surface area (Å²) in [6.45, 7) is 0. The highest BCUT2D eigenvalue weighted by Crippen LogP contribution is 2.51. The fourth-order valence-corrected chi connectivity index (χ4v) is 9.18. The Balaban J connectivity index is 1.03. The second-order valence-electron chi connectivity index (χ2n) is 15.7. The zero-order valence-corrected chi connectivity index (χ0v) is 33.2. The average Bonchev–Trinajstić information content (AvgIpc) is 3.68. The van der Waals surface area contributed by atoms with Gasteiger partial charge in [-0.15, -0.1) is 0 Å². The van der Waals surface area contributed by atoms with E-state index < -0.39 is 0 Å². The van der Waals surface area contributed by atoms with Crippen molar-refractivity contribution in [2.24, 2.45) is 0 Å². The van der Waals surface area contributed by atoms with Crippen LogP contribution in [0.3, 0.4) is 0 Å². The van der Waals surface area contributed by atoms with Gasteiger partial charge < -0.3 is 14.2 Å². The minimum Gasteiger partial charge on any atom is -0.453 e. The molecule has 0 atom stereocenters. The molecule has 61 heavy (non-hydrogen) atoms. The summed E-state index contributed by atoms with van der Waals surface area (Å²) in [7, 11) is 0. The van der Waals surface area contributed by atoms with E-state index in [9.17, 15) is 0 Å². The van der Waals surface area contributed by atoms with Gasteiger partial charge in [0, 0.05) is 33.3 Å². The van der Waals surface area contributed by atoms with Crippen molar-refractivity contribution in [2.45, 2.75) is 12.8 Å². The Morgan fingerprint density at radius 2 is 1.16 bits per heavy atom. The van der Waals surface area contributed by atoms with Crippen molar-refractivity contribution in [1.82, 2.24) is 14.5 Å². The van der Waals surface area contributed by atoms with E-state index in [0.29, 0.717) is 0 Å². The second kappa shape index (κ2) is 14.4. The lowest BCUT2D eigenvalue weighted by Crippen LogP contribution is -2.15. The Morgan fingerprint density at radius 3 is 2.02 bits per heavy atom. The van der Waals surface area contributed by atoms with Crippen LogP contribution in [0.25, 0.3) is 77.6 Å². The van der Waals surface area contributed by atoms with Crippen LogP contribution in [0.15, 0.2) is 206 Å². The van der Waals surface area contributed by atoms with Gasteiger partial charge in [-0.3, -0.25) is 0 Å². The highest BCUT2D eigenvalue weighted by Gasteiger charge is 2.27. The van der Waals surface area contributed by atoms with E-state index in [1.165, 1.54) is 38.3 Å². The van der Waals surface area contributed by atoms with E-state index in [0.717, 1.165) is 86.4 Å². The topological polar surface area (TPSA) is 43.2 Å². The van der Waals surface area contributed by atoms with Gasteiger partial charge in [0.25, 0.3) is 0 Å². The monoisotopic (exact) mass is 782 g/mol. The molecule has 5 heteroatoms. The molecule has 12 rings (SSSR count). The Bertz CT molecular complexity index is 3330. The molecule has 0 spiro atoms.